The van der Waals surface area contributed by atoms with E-state index in [1.54, 1.807) is 14.0 Å². The lowest BCUT2D eigenvalue weighted by Gasteiger charge is -2.20. The number of hydrogen-bond donors (Lipinski definition) is 1. The molecule has 0 rings (SSSR count). The molecule has 0 spiro atoms. The molecule has 22 heavy (non-hydrogen) atoms. The van der Waals surface area contributed by atoms with E-state index in [1.165, 1.54) is 0 Å². The molecule has 0 aromatic carbocycles. The lowest BCUT2D eigenvalue weighted by Crippen LogP contribution is -2.35. The van der Waals surface area contributed by atoms with Crippen molar-refractivity contribution in [2.45, 2.75) is 48.0 Å². The molecule has 0 radical (unpaired) electrons. The maximum atomic E-state index is 11.4. The van der Waals surface area contributed by atoms with Gasteiger partial charge in [0.25, 0.3) is 0 Å². The van der Waals surface area contributed by atoms with E-state index in [4.69, 9.17) is 4.74 Å². The molecule has 0 aliphatic rings. The second-order valence-electron chi connectivity index (χ2n) is 4.54. The Labute approximate surface area is 136 Å². The lowest BCUT2D eigenvalue weighted by atomic mass is 10.3. The monoisotopic (exact) mass is 310 g/mol. The average Bonchev–Trinajstić information content (AvgIpc) is 2.53. The van der Waals surface area contributed by atoms with Crippen LogP contribution in [-0.2, 0) is 9.53 Å². The third-order valence-corrected chi connectivity index (χ3v) is 2.82. The molecule has 4 nitrogen and oxygen atoms in total. The Kier molecular flexibility index (Phi) is 16.1. The molecule has 1 amide bonds. The number of nitrogens with one attached hydrogen (secondary N) is 1. The van der Waals surface area contributed by atoms with Crippen molar-refractivity contribution >= 4 is 5.91 Å². The second kappa shape index (κ2) is 15.7. The maximum Gasteiger partial charge on any atom is 0.219 e. The zero-order chi connectivity index (χ0) is 17.4. The first kappa shape index (κ1) is 22.6. The standard InChI is InChI=1S/C16H28N2O2.C2H6/c1-6-8-16(10-9-14(3)20-5)17-11-13-18(12-7-2)15(4)19;1-2/h6,8-10,17H,7,11-13H2,1-5H3;1-2H3/b8-6-,14-9+,16-10+;. The van der Waals surface area contributed by atoms with Crippen LogP contribution in [0.25, 0.3) is 0 Å². The van der Waals surface area contributed by atoms with Crippen molar-refractivity contribution in [1.82, 2.24) is 10.2 Å². The molecule has 1 N–H and O–H groups in total. The molecule has 0 aliphatic heterocycles. The summed E-state index contributed by atoms with van der Waals surface area (Å²) in [5, 5.41) is 3.32. The summed E-state index contributed by atoms with van der Waals surface area (Å²) >= 11 is 0. The van der Waals surface area contributed by atoms with E-state index in [0.717, 1.165) is 31.0 Å². The van der Waals surface area contributed by atoms with Gasteiger partial charge < -0.3 is 15.0 Å². The minimum absolute atomic E-state index is 0.125. The van der Waals surface area contributed by atoms with Gasteiger partial charge in [-0.25, -0.2) is 0 Å². The highest BCUT2D eigenvalue weighted by molar-refractivity contribution is 5.73. The summed E-state index contributed by atoms with van der Waals surface area (Å²) in [7, 11) is 1.65. The molecule has 0 aromatic rings. The van der Waals surface area contributed by atoms with Crippen LogP contribution in [0.2, 0.25) is 0 Å². The number of hydrogen-bond acceptors (Lipinski definition) is 3. The predicted octanol–water partition coefficient (Wildman–Crippen LogP) is 3.87. The predicted molar refractivity (Wildman–Crippen MR) is 95.6 cm³/mol. The molecule has 0 heterocycles. The van der Waals surface area contributed by atoms with Crippen LogP contribution in [0.15, 0.2) is 35.8 Å². The quantitative estimate of drug-likeness (QED) is 0.519. The topological polar surface area (TPSA) is 41.6 Å². The molecule has 128 valence electrons. The highest BCUT2D eigenvalue weighted by Crippen LogP contribution is 1.99. The van der Waals surface area contributed by atoms with Gasteiger partial charge >= 0.3 is 0 Å². The van der Waals surface area contributed by atoms with E-state index >= 15 is 0 Å². The van der Waals surface area contributed by atoms with Crippen molar-refractivity contribution in [3.05, 3.63) is 35.8 Å². The van der Waals surface area contributed by atoms with Gasteiger partial charge in [0.1, 0.15) is 0 Å². The highest BCUT2D eigenvalue weighted by atomic mass is 16.5. The summed E-state index contributed by atoms with van der Waals surface area (Å²) in [5.74, 6) is 0.977. The van der Waals surface area contributed by atoms with Crippen molar-refractivity contribution in [3.63, 3.8) is 0 Å². The number of methoxy groups -OCH3 is 1. The van der Waals surface area contributed by atoms with E-state index in [2.05, 4.69) is 12.2 Å². The minimum atomic E-state index is 0.125. The van der Waals surface area contributed by atoms with Crippen LogP contribution >= 0.6 is 0 Å². The average molecular weight is 310 g/mol. The molecule has 0 aromatic heterocycles. The van der Waals surface area contributed by atoms with E-state index in [0.29, 0.717) is 6.54 Å². The normalized spacial score (nSPS) is 11.8. The van der Waals surface area contributed by atoms with Gasteiger partial charge in [0.2, 0.25) is 5.91 Å². The summed E-state index contributed by atoms with van der Waals surface area (Å²) in [6, 6.07) is 0. The first-order chi connectivity index (χ1) is 10.5. The van der Waals surface area contributed by atoms with Crippen LogP contribution < -0.4 is 5.32 Å². The smallest absolute Gasteiger partial charge is 0.219 e. The SMILES string of the molecule is CC.C\C=C/C(=C\C=C(/C)OC)NCCN(CCC)C(C)=O. The molecular weight excluding hydrogens is 276 g/mol. The maximum absolute atomic E-state index is 11.4. The molecule has 0 aliphatic carbocycles. The second-order valence-corrected chi connectivity index (χ2v) is 4.54. The van der Waals surface area contributed by atoms with Gasteiger partial charge in [-0.2, -0.15) is 0 Å². The van der Waals surface area contributed by atoms with Crippen molar-refractivity contribution in [3.8, 4) is 0 Å². The number of carbonyl (C=O) groups is 1. The van der Waals surface area contributed by atoms with E-state index in [1.807, 2.05) is 56.9 Å². The van der Waals surface area contributed by atoms with Crippen LogP contribution in [0.5, 0.6) is 0 Å². The molecule has 0 unspecified atom stereocenters. The van der Waals surface area contributed by atoms with Crippen molar-refractivity contribution in [2.75, 3.05) is 26.7 Å². The van der Waals surface area contributed by atoms with E-state index < -0.39 is 0 Å². The zero-order valence-corrected chi connectivity index (χ0v) is 15.4. The van der Waals surface area contributed by atoms with Crippen LogP contribution in [0, 0.1) is 0 Å². The zero-order valence-electron chi connectivity index (χ0n) is 15.4. The Morgan fingerprint density at radius 1 is 1.18 bits per heavy atom. The van der Waals surface area contributed by atoms with Gasteiger partial charge in [-0.1, -0.05) is 26.8 Å². The van der Waals surface area contributed by atoms with E-state index in [9.17, 15) is 4.79 Å². The van der Waals surface area contributed by atoms with Gasteiger partial charge in [0, 0.05) is 32.3 Å². The van der Waals surface area contributed by atoms with E-state index in [-0.39, 0.29) is 5.91 Å². The van der Waals surface area contributed by atoms with Crippen molar-refractivity contribution < 1.29 is 9.53 Å². The number of nitrogens with zero attached hydrogens (tertiary/aromatic N) is 1. The number of carbonyl (C=O) groups excluding carboxylic acids is 1. The molecule has 0 bridgehead atoms. The Hall–Kier alpha value is -1.71. The third-order valence-electron chi connectivity index (χ3n) is 2.82. The molecule has 0 atom stereocenters. The van der Waals surface area contributed by atoms with Crippen LogP contribution in [0.4, 0.5) is 0 Å². The molecule has 0 fully saturated rings. The Bertz CT molecular complexity index is 371. The summed E-state index contributed by atoms with van der Waals surface area (Å²) in [5.41, 5.74) is 1.00. The van der Waals surface area contributed by atoms with Gasteiger partial charge in [0.15, 0.2) is 0 Å². The molecule has 4 heteroatoms. The largest absolute Gasteiger partial charge is 0.501 e. The summed E-state index contributed by atoms with van der Waals surface area (Å²) < 4.78 is 5.10. The van der Waals surface area contributed by atoms with Crippen LogP contribution in [0.3, 0.4) is 0 Å². The Morgan fingerprint density at radius 2 is 1.82 bits per heavy atom. The lowest BCUT2D eigenvalue weighted by molar-refractivity contribution is -0.128. The fourth-order valence-electron chi connectivity index (χ4n) is 1.66. The number of amides is 1. The fourth-order valence-corrected chi connectivity index (χ4v) is 1.66. The molecular formula is C18H34N2O2. The molecule has 0 saturated carbocycles. The first-order valence-electron chi connectivity index (χ1n) is 8.09. The number of allylic oxidation sites excluding steroid dienone is 5. The van der Waals surface area contributed by atoms with Gasteiger partial charge in [0.05, 0.1) is 12.9 Å². The fraction of sp³-hybridized carbons (Fsp3) is 0.611. The van der Waals surface area contributed by atoms with Gasteiger partial charge in [-0.3, -0.25) is 4.79 Å². The third kappa shape index (κ3) is 12.1. The summed E-state index contributed by atoms with van der Waals surface area (Å²) in [6.07, 6.45) is 8.84. The van der Waals surface area contributed by atoms with Crippen LogP contribution in [0.1, 0.15) is 48.0 Å². The minimum Gasteiger partial charge on any atom is -0.501 e. The van der Waals surface area contributed by atoms with Gasteiger partial charge in [-0.05, 0) is 38.5 Å². The summed E-state index contributed by atoms with van der Waals surface area (Å²) in [4.78, 5) is 13.3. The van der Waals surface area contributed by atoms with Crippen LogP contribution in [-0.4, -0.2) is 37.6 Å². The van der Waals surface area contributed by atoms with Crippen molar-refractivity contribution in [1.29, 1.82) is 0 Å². The molecule has 0 saturated heterocycles. The summed E-state index contributed by atoms with van der Waals surface area (Å²) in [6.45, 7) is 13.8. The van der Waals surface area contributed by atoms with Crippen molar-refractivity contribution in [2.24, 2.45) is 0 Å². The number of rotatable bonds is 9. The highest BCUT2D eigenvalue weighted by Gasteiger charge is 2.06. The van der Waals surface area contributed by atoms with Gasteiger partial charge in [-0.15, -0.1) is 0 Å². The Balaban J connectivity index is 0. The Morgan fingerprint density at radius 3 is 2.27 bits per heavy atom. The first-order valence-corrected chi connectivity index (χ1v) is 8.09. The number of ether oxygens (including phenoxy) is 1.